The standard InChI is InChI=1S/C31H42OSi/c1-9-10-13-27(30-18-20-31(32-8)21-19-30)16-17-28-14-11-12-15-29(28)22-23-33(24(2)3,25(4)5)26(6)7/h11-12,14-15,17-21,24-26H,9-10,13H2,1-8H3/i13D2. The molecule has 0 spiro atoms. The molecule has 0 amide bonds. The van der Waals surface area contributed by atoms with Crippen LogP contribution >= 0.6 is 0 Å². The molecular weight excluding hydrogens is 416 g/mol. The van der Waals surface area contributed by atoms with Gasteiger partial charge >= 0.3 is 0 Å². The fraction of sp³-hybridized carbons (Fsp3) is 0.452. The van der Waals surface area contributed by atoms with Crippen LogP contribution in [0.3, 0.4) is 0 Å². The van der Waals surface area contributed by atoms with Crippen molar-refractivity contribution in [2.24, 2.45) is 0 Å². The highest BCUT2D eigenvalue weighted by molar-refractivity contribution is 6.90. The molecule has 0 saturated heterocycles. The zero-order chi connectivity index (χ0) is 26.2. The summed E-state index contributed by atoms with van der Waals surface area (Å²) < 4.78 is 22.8. The lowest BCUT2D eigenvalue weighted by molar-refractivity contribution is 0.415. The predicted octanol–water partition coefficient (Wildman–Crippen LogP) is 9.15. The molecule has 33 heavy (non-hydrogen) atoms. The highest BCUT2D eigenvalue weighted by Crippen LogP contribution is 2.40. The van der Waals surface area contributed by atoms with Crippen molar-refractivity contribution in [1.82, 2.24) is 0 Å². The van der Waals surface area contributed by atoms with Gasteiger partial charge < -0.3 is 4.74 Å². The molecule has 2 aromatic carbocycles. The minimum absolute atomic E-state index is 0.432. The van der Waals surface area contributed by atoms with Crippen LogP contribution in [-0.2, 0) is 0 Å². The minimum Gasteiger partial charge on any atom is -0.497 e. The molecule has 176 valence electrons. The first kappa shape index (κ1) is 23.7. The summed E-state index contributed by atoms with van der Waals surface area (Å²) in [5.41, 5.74) is 12.2. The van der Waals surface area contributed by atoms with Gasteiger partial charge in [-0.25, -0.2) is 0 Å². The van der Waals surface area contributed by atoms with Gasteiger partial charge in [0, 0.05) is 13.9 Å². The van der Waals surface area contributed by atoms with Crippen molar-refractivity contribution < 1.29 is 7.48 Å². The van der Waals surface area contributed by atoms with E-state index in [-0.39, 0.29) is 0 Å². The number of hydrogen-bond acceptors (Lipinski definition) is 1. The molecule has 0 aliphatic heterocycles. The molecule has 2 aromatic rings. The summed E-state index contributed by atoms with van der Waals surface area (Å²) in [5, 5.41) is 0. The fourth-order valence-corrected chi connectivity index (χ4v) is 9.96. The van der Waals surface area contributed by atoms with Crippen LogP contribution in [0.25, 0.3) is 11.6 Å². The van der Waals surface area contributed by atoms with Gasteiger partial charge in [-0.3, -0.25) is 0 Å². The highest BCUT2D eigenvalue weighted by atomic mass is 28.3. The predicted molar refractivity (Wildman–Crippen MR) is 148 cm³/mol. The molecule has 2 heteroatoms. The maximum atomic E-state index is 8.74. The number of allylic oxidation sites excluding steroid dienone is 1. The lowest BCUT2D eigenvalue weighted by Crippen LogP contribution is -2.43. The first-order valence-corrected chi connectivity index (χ1v) is 14.5. The van der Waals surface area contributed by atoms with Crippen LogP contribution in [0.2, 0.25) is 16.6 Å². The number of methoxy groups -OCH3 is 1. The molecule has 0 aromatic heterocycles. The van der Waals surface area contributed by atoms with E-state index in [1.807, 2.05) is 55.5 Å². The Morgan fingerprint density at radius 2 is 1.58 bits per heavy atom. The van der Waals surface area contributed by atoms with Gasteiger partial charge in [0.05, 0.1) is 7.11 Å². The zero-order valence-corrected chi connectivity index (χ0v) is 22.8. The molecule has 0 aliphatic carbocycles. The second-order valence-electron chi connectivity index (χ2n) is 9.55. The van der Waals surface area contributed by atoms with Gasteiger partial charge in [0.15, 0.2) is 0 Å². The first-order chi connectivity index (χ1) is 16.5. The van der Waals surface area contributed by atoms with Crippen LogP contribution in [0.15, 0.2) is 54.3 Å². The second kappa shape index (κ2) is 12.7. The molecule has 0 radical (unpaired) electrons. The summed E-state index contributed by atoms with van der Waals surface area (Å²) in [7, 11) is -0.219. The van der Waals surface area contributed by atoms with E-state index in [0.717, 1.165) is 28.9 Å². The van der Waals surface area contributed by atoms with Crippen molar-refractivity contribution in [1.29, 1.82) is 0 Å². The molecule has 0 N–H and O–H groups in total. The second-order valence-corrected chi connectivity index (χ2v) is 15.1. The lowest BCUT2D eigenvalue weighted by atomic mass is 10.00. The Morgan fingerprint density at radius 3 is 2.12 bits per heavy atom. The topological polar surface area (TPSA) is 9.23 Å². The largest absolute Gasteiger partial charge is 0.497 e. The van der Waals surface area contributed by atoms with E-state index in [1.165, 1.54) is 0 Å². The Labute approximate surface area is 206 Å². The molecule has 0 fully saturated rings. The number of benzene rings is 2. The molecule has 1 nitrogen and oxygen atoms in total. The van der Waals surface area contributed by atoms with Crippen molar-refractivity contribution in [2.75, 3.05) is 7.11 Å². The smallest absolute Gasteiger partial charge is 0.146 e. The van der Waals surface area contributed by atoms with E-state index in [0.29, 0.717) is 28.6 Å². The molecule has 0 bridgehead atoms. The Balaban J connectivity index is 2.67. The van der Waals surface area contributed by atoms with Crippen LogP contribution in [-0.4, -0.2) is 15.2 Å². The van der Waals surface area contributed by atoms with Gasteiger partial charge in [-0.2, -0.15) is 0 Å². The zero-order valence-electron chi connectivity index (χ0n) is 23.8. The molecule has 0 heterocycles. The van der Waals surface area contributed by atoms with Gasteiger partial charge in [0.25, 0.3) is 0 Å². The van der Waals surface area contributed by atoms with Gasteiger partial charge in [0.2, 0.25) is 0 Å². The van der Waals surface area contributed by atoms with Crippen LogP contribution in [0.4, 0.5) is 0 Å². The summed E-state index contributed by atoms with van der Waals surface area (Å²) in [6.45, 7) is 16.0. The van der Waals surface area contributed by atoms with E-state index in [1.54, 1.807) is 7.11 Å². The number of rotatable bonds is 9. The quantitative estimate of drug-likeness (QED) is 0.206. The maximum Gasteiger partial charge on any atom is 0.146 e. The molecule has 0 atom stereocenters. The van der Waals surface area contributed by atoms with E-state index < -0.39 is 14.4 Å². The summed E-state index contributed by atoms with van der Waals surface area (Å²) in [6.07, 6.45) is 1.60. The van der Waals surface area contributed by atoms with Crippen molar-refractivity contribution in [2.45, 2.75) is 84.3 Å². The Morgan fingerprint density at radius 1 is 0.970 bits per heavy atom. The average molecular weight is 461 g/mol. The minimum atomic E-state index is -1.85. The van der Waals surface area contributed by atoms with E-state index in [4.69, 9.17) is 7.48 Å². The van der Waals surface area contributed by atoms with E-state index >= 15 is 0 Å². The third-order valence-corrected chi connectivity index (χ3v) is 12.8. The molecule has 0 saturated carbocycles. The number of hydrogen-bond donors (Lipinski definition) is 0. The summed E-state index contributed by atoms with van der Waals surface area (Å²) in [6, 6.07) is 15.7. The lowest BCUT2D eigenvalue weighted by Gasteiger charge is -2.38. The Hall–Kier alpha value is -2.46. The average Bonchev–Trinajstić information content (AvgIpc) is 2.80. The Bertz CT molecular complexity index is 1070. The normalized spacial score (nSPS) is 12.6. The maximum absolute atomic E-state index is 8.74. The molecule has 0 unspecified atom stereocenters. The third-order valence-electron chi connectivity index (χ3n) is 6.54. The molecular formula is C31H42OSi. The van der Waals surface area contributed by atoms with E-state index in [2.05, 4.69) is 64.8 Å². The number of ether oxygens (including phenoxy) is 1. The van der Waals surface area contributed by atoms with Gasteiger partial charge in [-0.1, -0.05) is 91.1 Å². The SMILES string of the molecule is [2H]C([2H])(CCC)C(=C=Cc1ccccc1C#C[Si](C(C)C)(C(C)C)C(C)C)c1ccc(OC)cc1. The highest BCUT2D eigenvalue weighted by Gasteiger charge is 2.41. The summed E-state index contributed by atoms with van der Waals surface area (Å²) >= 11 is 0. The van der Waals surface area contributed by atoms with Crippen molar-refractivity contribution in [3.05, 3.63) is 71.0 Å². The third kappa shape index (κ3) is 6.77. The van der Waals surface area contributed by atoms with Crippen LogP contribution in [0.5, 0.6) is 5.75 Å². The van der Waals surface area contributed by atoms with Crippen molar-refractivity contribution in [3.8, 4) is 17.2 Å². The van der Waals surface area contributed by atoms with Crippen molar-refractivity contribution >= 4 is 19.7 Å². The van der Waals surface area contributed by atoms with Gasteiger partial charge in [-0.15, -0.1) is 11.3 Å². The van der Waals surface area contributed by atoms with Gasteiger partial charge in [-0.05, 0) is 64.8 Å². The van der Waals surface area contributed by atoms with E-state index in [9.17, 15) is 0 Å². The summed E-state index contributed by atoms with van der Waals surface area (Å²) in [4.78, 5) is 0. The summed E-state index contributed by atoms with van der Waals surface area (Å²) in [5.74, 6) is 4.31. The van der Waals surface area contributed by atoms with Crippen LogP contribution < -0.4 is 4.74 Å². The monoisotopic (exact) mass is 460 g/mol. The molecule has 2 rings (SSSR count). The van der Waals surface area contributed by atoms with Gasteiger partial charge in [0.1, 0.15) is 13.8 Å². The van der Waals surface area contributed by atoms with Crippen LogP contribution in [0.1, 0.15) is 87.1 Å². The fourth-order valence-electron chi connectivity index (χ4n) is 4.74. The Kier molecular flexibility index (Phi) is 9.11. The van der Waals surface area contributed by atoms with Crippen molar-refractivity contribution in [3.63, 3.8) is 0 Å². The molecule has 0 aliphatic rings. The van der Waals surface area contributed by atoms with Crippen LogP contribution in [0, 0.1) is 11.5 Å². The first-order valence-electron chi connectivity index (χ1n) is 13.2.